The Hall–Kier alpha value is -2.66. The Balaban J connectivity index is 1.73. The van der Waals surface area contributed by atoms with Crippen LogP contribution in [0.2, 0.25) is 15.1 Å². The molecule has 1 aromatic heterocycles. The molecule has 0 aliphatic rings. The topological polar surface area (TPSA) is 22.1 Å². The van der Waals surface area contributed by atoms with Crippen LogP contribution in [0.4, 0.5) is 8.78 Å². The number of ether oxygens (including phenoxy) is 1. The van der Waals surface area contributed by atoms with Gasteiger partial charge in [0, 0.05) is 27.2 Å². The number of aromatic nitrogens is 1. The number of halogens is 5. The molecule has 0 spiro atoms. The van der Waals surface area contributed by atoms with Crippen LogP contribution in [0.15, 0.2) is 72.8 Å². The van der Waals surface area contributed by atoms with E-state index in [2.05, 4.69) is 4.98 Å². The summed E-state index contributed by atoms with van der Waals surface area (Å²) in [6, 6.07) is 19.7. The van der Waals surface area contributed by atoms with Crippen LogP contribution < -0.4 is 4.74 Å². The SMILES string of the molecule is Fc1ccc(COc2ccc(-c3ccc(Cl)cc3)c(-c3ccc(Cl)cc3Cl)n2)cc1F. The molecular formula is C24H14Cl3F2NO. The van der Waals surface area contributed by atoms with Crippen molar-refractivity contribution >= 4 is 34.8 Å². The molecule has 0 aliphatic carbocycles. The average molecular weight is 477 g/mol. The smallest absolute Gasteiger partial charge is 0.214 e. The Bertz CT molecular complexity index is 1250. The van der Waals surface area contributed by atoms with E-state index < -0.39 is 11.6 Å². The van der Waals surface area contributed by atoms with Gasteiger partial charge in [0.05, 0.1) is 10.7 Å². The lowest BCUT2D eigenvalue weighted by Gasteiger charge is -2.14. The summed E-state index contributed by atoms with van der Waals surface area (Å²) in [5.41, 5.74) is 3.46. The Morgan fingerprint density at radius 2 is 1.42 bits per heavy atom. The zero-order valence-corrected chi connectivity index (χ0v) is 18.1. The molecule has 0 bridgehead atoms. The van der Waals surface area contributed by atoms with Gasteiger partial charge < -0.3 is 4.74 Å². The van der Waals surface area contributed by atoms with Crippen molar-refractivity contribution in [3.05, 3.63) is 105 Å². The average Bonchev–Trinajstić information content (AvgIpc) is 2.75. The fourth-order valence-electron chi connectivity index (χ4n) is 3.06. The van der Waals surface area contributed by atoms with Crippen molar-refractivity contribution in [1.82, 2.24) is 4.98 Å². The Morgan fingerprint density at radius 1 is 0.710 bits per heavy atom. The molecule has 0 N–H and O–H groups in total. The molecular weight excluding hydrogens is 463 g/mol. The second-order valence-corrected chi connectivity index (χ2v) is 7.99. The van der Waals surface area contributed by atoms with Gasteiger partial charge in [0.15, 0.2) is 11.6 Å². The first kappa shape index (κ1) is 21.6. The monoisotopic (exact) mass is 475 g/mol. The van der Waals surface area contributed by atoms with Crippen LogP contribution in [0.5, 0.6) is 5.88 Å². The van der Waals surface area contributed by atoms with Crippen molar-refractivity contribution in [2.75, 3.05) is 0 Å². The minimum absolute atomic E-state index is 0.0261. The minimum Gasteiger partial charge on any atom is -0.473 e. The van der Waals surface area contributed by atoms with Gasteiger partial charge in [0.2, 0.25) is 5.88 Å². The summed E-state index contributed by atoms with van der Waals surface area (Å²) in [4.78, 5) is 4.64. The van der Waals surface area contributed by atoms with Gasteiger partial charge in [-0.15, -0.1) is 0 Å². The van der Waals surface area contributed by atoms with E-state index in [9.17, 15) is 8.78 Å². The first-order valence-electron chi connectivity index (χ1n) is 9.20. The van der Waals surface area contributed by atoms with E-state index in [1.54, 1.807) is 36.4 Å². The largest absolute Gasteiger partial charge is 0.473 e. The Morgan fingerprint density at radius 3 is 2.13 bits per heavy atom. The van der Waals surface area contributed by atoms with Crippen molar-refractivity contribution in [3.63, 3.8) is 0 Å². The van der Waals surface area contributed by atoms with Gasteiger partial charge in [-0.25, -0.2) is 13.8 Å². The lowest BCUT2D eigenvalue weighted by molar-refractivity contribution is 0.293. The lowest BCUT2D eigenvalue weighted by Crippen LogP contribution is -2.00. The Labute approximate surface area is 193 Å². The molecule has 0 fully saturated rings. The predicted octanol–water partition coefficient (Wildman–Crippen LogP) is 8.23. The molecule has 0 unspecified atom stereocenters. The predicted molar refractivity (Wildman–Crippen MR) is 121 cm³/mol. The number of hydrogen-bond acceptors (Lipinski definition) is 2. The van der Waals surface area contributed by atoms with Crippen molar-refractivity contribution < 1.29 is 13.5 Å². The van der Waals surface area contributed by atoms with Gasteiger partial charge in [0.25, 0.3) is 0 Å². The van der Waals surface area contributed by atoms with E-state index in [1.807, 2.05) is 18.2 Å². The van der Waals surface area contributed by atoms with Crippen LogP contribution in [0.25, 0.3) is 22.4 Å². The van der Waals surface area contributed by atoms with E-state index in [0.29, 0.717) is 37.8 Å². The van der Waals surface area contributed by atoms with Gasteiger partial charge in [-0.1, -0.05) is 53.0 Å². The number of hydrogen-bond donors (Lipinski definition) is 0. The minimum atomic E-state index is -0.930. The maximum absolute atomic E-state index is 13.5. The molecule has 0 aliphatic heterocycles. The van der Waals surface area contributed by atoms with Crippen LogP contribution >= 0.6 is 34.8 Å². The molecule has 4 aromatic rings. The van der Waals surface area contributed by atoms with Crippen LogP contribution in [0.1, 0.15) is 5.56 Å². The highest BCUT2D eigenvalue weighted by molar-refractivity contribution is 6.36. The highest BCUT2D eigenvalue weighted by Crippen LogP contribution is 2.37. The van der Waals surface area contributed by atoms with Crippen LogP contribution in [0.3, 0.4) is 0 Å². The van der Waals surface area contributed by atoms with E-state index >= 15 is 0 Å². The highest BCUT2D eigenvalue weighted by Gasteiger charge is 2.15. The van der Waals surface area contributed by atoms with Crippen LogP contribution in [0, 0.1) is 11.6 Å². The molecule has 0 atom stereocenters. The summed E-state index contributed by atoms with van der Waals surface area (Å²) in [7, 11) is 0. The second kappa shape index (κ2) is 9.23. The highest BCUT2D eigenvalue weighted by atomic mass is 35.5. The maximum Gasteiger partial charge on any atom is 0.214 e. The van der Waals surface area contributed by atoms with Crippen LogP contribution in [-0.4, -0.2) is 4.98 Å². The van der Waals surface area contributed by atoms with E-state index in [-0.39, 0.29) is 6.61 Å². The fourth-order valence-corrected chi connectivity index (χ4v) is 3.68. The third-order valence-corrected chi connectivity index (χ3v) is 5.38. The van der Waals surface area contributed by atoms with E-state index in [0.717, 1.165) is 23.3 Å². The quantitative estimate of drug-likeness (QED) is 0.289. The summed E-state index contributed by atoms with van der Waals surface area (Å²) < 4.78 is 32.3. The van der Waals surface area contributed by atoms with Crippen molar-refractivity contribution in [2.45, 2.75) is 6.61 Å². The van der Waals surface area contributed by atoms with Gasteiger partial charge in [-0.2, -0.15) is 0 Å². The summed E-state index contributed by atoms with van der Waals surface area (Å²) in [6.45, 7) is 0.0261. The molecule has 0 saturated carbocycles. The second-order valence-electron chi connectivity index (χ2n) is 6.71. The molecule has 1 heterocycles. The van der Waals surface area contributed by atoms with Gasteiger partial charge in [0.1, 0.15) is 6.61 Å². The van der Waals surface area contributed by atoms with Gasteiger partial charge in [-0.3, -0.25) is 0 Å². The maximum atomic E-state index is 13.5. The molecule has 7 heteroatoms. The number of rotatable bonds is 5. The van der Waals surface area contributed by atoms with E-state index in [1.165, 1.54) is 6.07 Å². The molecule has 4 rings (SSSR count). The van der Waals surface area contributed by atoms with Crippen molar-refractivity contribution in [1.29, 1.82) is 0 Å². The number of nitrogens with zero attached hydrogens (tertiary/aromatic N) is 1. The summed E-state index contributed by atoms with van der Waals surface area (Å²) in [6.07, 6.45) is 0. The third-order valence-electron chi connectivity index (χ3n) is 4.58. The van der Waals surface area contributed by atoms with E-state index in [4.69, 9.17) is 39.5 Å². The first-order chi connectivity index (χ1) is 14.9. The number of benzene rings is 3. The van der Waals surface area contributed by atoms with Crippen molar-refractivity contribution in [2.24, 2.45) is 0 Å². The molecule has 3 aromatic carbocycles. The van der Waals surface area contributed by atoms with Gasteiger partial charge in [-0.05, 0) is 59.7 Å². The van der Waals surface area contributed by atoms with Gasteiger partial charge >= 0.3 is 0 Å². The van der Waals surface area contributed by atoms with Crippen molar-refractivity contribution in [3.8, 4) is 28.3 Å². The van der Waals surface area contributed by atoms with Crippen LogP contribution in [-0.2, 0) is 6.61 Å². The zero-order chi connectivity index (χ0) is 22.0. The zero-order valence-electron chi connectivity index (χ0n) is 15.9. The Kier molecular flexibility index (Phi) is 6.42. The lowest BCUT2D eigenvalue weighted by atomic mass is 9.99. The summed E-state index contributed by atoms with van der Waals surface area (Å²) >= 11 is 18.5. The molecule has 0 radical (unpaired) electrons. The molecule has 31 heavy (non-hydrogen) atoms. The summed E-state index contributed by atoms with van der Waals surface area (Å²) in [5.74, 6) is -1.53. The standard InChI is InChI=1S/C24H14Cl3F2NO/c25-16-4-2-15(3-5-16)18-8-10-23(31-13-14-1-9-21(28)22(29)11-14)30-24(18)19-7-6-17(26)12-20(19)27/h1-12H,13H2. The molecule has 2 nitrogen and oxygen atoms in total. The summed E-state index contributed by atoms with van der Waals surface area (Å²) in [5, 5.41) is 1.56. The number of pyridine rings is 1. The third kappa shape index (κ3) is 4.99. The molecule has 156 valence electrons. The molecule has 0 saturated heterocycles. The molecule has 0 amide bonds. The first-order valence-corrected chi connectivity index (χ1v) is 10.3. The normalized spacial score (nSPS) is 10.9. The fraction of sp³-hybridized carbons (Fsp3) is 0.0417.